The zero-order valence-electron chi connectivity index (χ0n) is 12.0. The normalized spacial score (nSPS) is 22.9. The summed E-state index contributed by atoms with van der Waals surface area (Å²) in [6.45, 7) is 11.7. The number of nitrogens with one attached hydrogen (secondary N) is 1. The summed E-state index contributed by atoms with van der Waals surface area (Å²) in [6.07, 6.45) is 0.154. The molecule has 0 aliphatic carbocycles. The quantitative estimate of drug-likeness (QED) is 0.708. The first-order valence-electron chi connectivity index (χ1n) is 6.71. The lowest BCUT2D eigenvalue weighted by molar-refractivity contribution is -0.910. The molecule has 1 aliphatic heterocycles. The van der Waals surface area contributed by atoms with Crippen LogP contribution < -0.4 is 4.90 Å². The van der Waals surface area contributed by atoms with E-state index in [9.17, 15) is 0 Å². The van der Waals surface area contributed by atoms with Gasteiger partial charge in [0.1, 0.15) is 25.7 Å². The third kappa shape index (κ3) is 7.17. The number of rotatable bonds is 7. The van der Waals surface area contributed by atoms with Crippen molar-refractivity contribution in [1.82, 2.24) is 0 Å². The first-order valence-corrected chi connectivity index (χ1v) is 9.79. The van der Waals surface area contributed by atoms with Gasteiger partial charge in [0.2, 0.25) is 0 Å². The van der Waals surface area contributed by atoms with E-state index in [4.69, 9.17) is 25.6 Å². The van der Waals surface area contributed by atoms with Gasteiger partial charge in [0.15, 0.2) is 6.49 Å². The minimum Gasteiger partial charge on any atom is -0.370 e. The second-order valence-electron chi connectivity index (χ2n) is 5.44. The summed E-state index contributed by atoms with van der Waals surface area (Å²) in [5.41, 5.74) is 0. The predicted octanol–water partition coefficient (Wildman–Crippen LogP) is 0.919. The van der Waals surface area contributed by atoms with Gasteiger partial charge < -0.3 is 18.7 Å². The van der Waals surface area contributed by atoms with Gasteiger partial charge in [-0.15, -0.1) is 0 Å². The molecule has 2 atom stereocenters. The van der Waals surface area contributed by atoms with Gasteiger partial charge in [-0.25, -0.2) is 0 Å². The zero-order chi connectivity index (χ0) is 13.6. The lowest BCUT2D eigenvalue weighted by atomic mass is 10.2. The summed E-state index contributed by atoms with van der Waals surface area (Å²) in [7, 11) is 0. The maximum atomic E-state index is 5.93. The van der Waals surface area contributed by atoms with Gasteiger partial charge in [-0.05, 0) is 24.6 Å². The Kier molecular flexibility index (Phi) is 7.29. The summed E-state index contributed by atoms with van der Waals surface area (Å²) in [4.78, 5) is 1.53. The fourth-order valence-corrected chi connectivity index (χ4v) is 3.93. The molecule has 18 heavy (non-hydrogen) atoms. The third-order valence-electron chi connectivity index (χ3n) is 2.79. The fourth-order valence-electron chi connectivity index (χ4n) is 1.95. The molecule has 0 spiro atoms. The van der Waals surface area contributed by atoms with Crippen LogP contribution in [0.1, 0.15) is 20.8 Å². The van der Waals surface area contributed by atoms with E-state index in [1.54, 1.807) is 0 Å². The molecule has 0 aromatic heterocycles. The molecule has 0 amide bonds. The number of morpholine rings is 1. The number of ether oxygens (including phenoxy) is 1. The van der Waals surface area contributed by atoms with Gasteiger partial charge in [-0.2, -0.15) is 0 Å². The van der Waals surface area contributed by atoms with E-state index in [1.165, 1.54) is 4.90 Å². The minimum atomic E-state index is -2.08. The third-order valence-corrected chi connectivity index (χ3v) is 4.73. The van der Waals surface area contributed by atoms with Crippen LogP contribution in [0.4, 0.5) is 0 Å². The van der Waals surface area contributed by atoms with E-state index in [0.717, 1.165) is 32.8 Å². The largest absolute Gasteiger partial charge is 0.370 e. The molecule has 4 nitrogen and oxygen atoms in total. The van der Waals surface area contributed by atoms with E-state index in [1.807, 2.05) is 6.66 Å². The average molecular weight is 296 g/mol. The molecule has 108 valence electrons. The van der Waals surface area contributed by atoms with Crippen LogP contribution in [0.15, 0.2) is 0 Å². The molecule has 1 N–H and O–H groups in total. The van der Waals surface area contributed by atoms with Gasteiger partial charge in [0.05, 0.1) is 19.8 Å². The molecule has 1 heterocycles. The molecular weight excluding hydrogens is 269 g/mol. The molecule has 2 unspecified atom stereocenters. The first-order chi connectivity index (χ1) is 8.39. The van der Waals surface area contributed by atoms with Crippen molar-refractivity contribution in [3.05, 3.63) is 0 Å². The van der Waals surface area contributed by atoms with Crippen molar-refractivity contribution in [2.24, 2.45) is 5.92 Å². The zero-order valence-corrected chi connectivity index (χ0v) is 13.7. The Hall–Kier alpha value is 0.490. The van der Waals surface area contributed by atoms with E-state index in [-0.39, 0.29) is 6.10 Å². The van der Waals surface area contributed by atoms with Gasteiger partial charge in [-0.1, -0.05) is 13.8 Å². The maximum absolute atomic E-state index is 5.93. The topological polar surface area (TPSA) is 32.1 Å². The fraction of sp³-hybridized carbons (Fsp3) is 1.00. The Morgan fingerprint density at radius 1 is 1.28 bits per heavy atom. The second kappa shape index (κ2) is 7.93. The van der Waals surface area contributed by atoms with E-state index < -0.39 is 6.49 Å². The smallest absolute Gasteiger partial charge is 0.186 e. The summed E-state index contributed by atoms with van der Waals surface area (Å²) >= 11 is 5.44. The van der Waals surface area contributed by atoms with Crippen LogP contribution in [0, 0.1) is 5.92 Å². The number of hydrogen-bond donors (Lipinski definition) is 1. The standard InChI is InChI=1S/C12H26NO3PS/c1-11(2)10-15-17(4,18)16-12(3)9-13-5-7-14-8-6-13/h11-12H,5-10H2,1-4H3/p+1. The highest BCUT2D eigenvalue weighted by atomic mass is 32.5. The number of quaternary nitrogens is 1. The highest BCUT2D eigenvalue weighted by Crippen LogP contribution is 2.45. The van der Waals surface area contributed by atoms with Gasteiger partial charge in [0.25, 0.3) is 0 Å². The molecule has 0 radical (unpaired) electrons. The van der Waals surface area contributed by atoms with Crippen LogP contribution in [-0.4, -0.2) is 52.2 Å². The van der Waals surface area contributed by atoms with Gasteiger partial charge >= 0.3 is 0 Å². The van der Waals surface area contributed by atoms with E-state index in [0.29, 0.717) is 12.5 Å². The van der Waals surface area contributed by atoms with Crippen LogP contribution in [0.25, 0.3) is 0 Å². The molecular formula is C12H27NO3PS+. The van der Waals surface area contributed by atoms with Crippen molar-refractivity contribution in [2.75, 3.05) is 46.1 Å². The highest BCUT2D eigenvalue weighted by Gasteiger charge is 2.22. The SMILES string of the molecule is CC(C)COP(C)(=S)OC(C)C[NH+]1CCOCC1. The van der Waals surface area contributed by atoms with Crippen LogP contribution in [-0.2, 0) is 25.6 Å². The maximum Gasteiger partial charge on any atom is 0.186 e. The Labute approximate surface area is 116 Å². The van der Waals surface area contributed by atoms with Gasteiger partial charge in [0, 0.05) is 6.66 Å². The Bertz CT molecular complexity index is 282. The van der Waals surface area contributed by atoms with Crippen LogP contribution >= 0.6 is 6.49 Å². The Morgan fingerprint density at radius 3 is 2.44 bits per heavy atom. The van der Waals surface area contributed by atoms with Crippen molar-refractivity contribution in [3.63, 3.8) is 0 Å². The Morgan fingerprint density at radius 2 is 1.89 bits per heavy atom. The summed E-state index contributed by atoms with van der Waals surface area (Å²) in [5, 5.41) is 0. The molecule has 6 heteroatoms. The van der Waals surface area contributed by atoms with E-state index >= 15 is 0 Å². The Balaban J connectivity index is 2.28. The lowest BCUT2D eigenvalue weighted by Gasteiger charge is -2.28. The van der Waals surface area contributed by atoms with Crippen LogP contribution in [0.3, 0.4) is 0 Å². The molecule has 1 aliphatic rings. The van der Waals surface area contributed by atoms with Crippen LogP contribution in [0.5, 0.6) is 0 Å². The summed E-state index contributed by atoms with van der Waals surface area (Å²) < 4.78 is 17.0. The second-order valence-corrected chi connectivity index (χ2v) is 9.45. The molecule has 1 rings (SSSR count). The minimum absolute atomic E-state index is 0.154. The van der Waals surface area contributed by atoms with Crippen molar-refractivity contribution < 1.29 is 18.7 Å². The molecule has 0 bridgehead atoms. The lowest BCUT2D eigenvalue weighted by Crippen LogP contribution is -3.15. The van der Waals surface area contributed by atoms with Crippen LogP contribution in [0.2, 0.25) is 0 Å². The molecule has 1 fully saturated rings. The predicted molar refractivity (Wildman–Crippen MR) is 77.9 cm³/mol. The van der Waals surface area contributed by atoms with E-state index in [2.05, 4.69) is 20.8 Å². The van der Waals surface area contributed by atoms with Crippen molar-refractivity contribution >= 4 is 18.3 Å². The van der Waals surface area contributed by atoms with Crippen molar-refractivity contribution in [1.29, 1.82) is 0 Å². The molecule has 1 saturated heterocycles. The summed E-state index contributed by atoms with van der Waals surface area (Å²) in [6, 6.07) is 0. The monoisotopic (exact) mass is 296 g/mol. The molecule has 0 aromatic carbocycles. The van der Waals surface area contributed by atoms with Crippen molar-refractivity contribution in [2.45, 2.75) is 26.9 Å². The average Bonchev–Trinajstić information content (AvgIpc) is 2.27. The van der Waals surface area contributed by atoms with Crippen molar-refractivity contribution in [3.8, 4) is 0 Å². The number of hydrogen-bond acceptors (Lipinski definition) is 4. The summed E-state index contributed by atoms with van der Waals surface area (Å²) in [5.74, 6) is 0.496. The first kappa shape index (κ1) is 16.5. The molecule has 0 aromatic rings. The highest BCUT2D eigenvalue weighted by molar-refractivity contribution is 8.09. The van der Waals surface area contributed by atoms with Gasteiger partial charge in [-0.3, -0.25) is 0 Å². The molecule has 0 saturated carbocycles.